The number of benzene rings is 3. The Hall–Kier alpha value is -3.91. The monoisotopic (exact) mass is 523 g/mol. The van der Waals surface area contributed by atoms with Crippen molar-refractivity contribution in [2.45, 2.75) is 19.9 Å². The minimum absolute atomic E-state index is 0.0654. The van der Waals surface area contributed by atoms with Gasteiger partial charge >= 0.3 is 0 Å². The summed E-state index contributed by atoms with van der Waals surface area (Å²) in [5, 5.41) is 0.532. The van der Waals surface area contributed by atoms with Crippen LogP contribution in [0.2, 0.25) is 5.02 Å². The van der Waals surface area contributed by atoms with Gasteiger partial charge in [-0.15, -0.1) is 0 Å². The predicted molar refractivity (Wildman–Crippen MR) is 139 cm³/mol. The second kappa shape index (κ2) is 11.4. The van der Waals surface area contributed by atoms with Crippen molar-refractivity contribution in [3.63, 3.8) is 0 Å². The molecule has 3 aromatic carbocycles. The van der Waals surface area contributed by atoms with Gasteiger partial charge in [0.15, 0.2) is 0 Å². The van der Waals surface area contributed by atoms with Crippen molar-refractivity contribution in [1.29, 1.82) is 0 Å². The molecule has 0 saturated carbocycles. The number of hydrogen-bond donors (Lipinski definition) is 0. The lowest BCUT2D eigenvalue weighted by atomic mass is 10.1. The van der Waals surface area contributed by atoms with Crippen LogP contribution in [0, 0.1) is 12.7 Å². The van der Waals surface area contributed by atoms with Crippen molar-refractivity contribution in [1.82, 2.24) is 9.80 Å². The summed E-state index contributed by atoms with van der Waals surface area (Å²) in [5.74, 6) is -0.569. The fraction of sp³-hybridized carbons (Fsp3) is 0.250. The maximum atomic E-state index is 13.4. The summed E-state index contributed by atoms with van der Waals surface area (Å²) in [7, 11) is 1.56. The quantitative estimate of drug-likeness (QED) is 0.444. The van der Waals surface area contributed by atoms with Crippen LogP contribution in [0.5, 0.6) is 5.75 Å². The van der Waals surface area contributed by atoms with Crippen molar-refractivity contribution in [2.24, 2.45) is 0 Å². The van der Waals surface area contributed by atoms with Crippen LogP contribution < -0.4 is 9.64 Å². The first-order valence-electron chi connectivity index (χ1n) is 11.7. The van der Waals surface area contributed by atoms with Gasteiger partial charge in [0.05, 0.1) is 13.5 Å². The van der Waals surface area contributed by atoms with Gasteiger partial charge in [0, 0.05) is 17.3 Å². The van der Waals surface area contributed by atoms with Gasteiger partial charge in [-0.25, -0.2) is 4.39 Å². The molecule has 0 atom stereocenters. The molecule has 1 aliphatic rings. The number of nitrogens with zero attached hydrogens (tertiary/aromatic N) is 3. The Bertz CT molecular complexity index is 1300. The van der Waals surface area contributed by atoms with E-state index in [-0.39, 0.29) is 56.3 Å². The second-order valence-electron chi connectivity index (χ2n) is 8.84. The molecule has 0 radical (unpaired) electrons. The maximum absolute atomic E-state index is 13.4. The van der Waals surface area contributed by atoms with Gasteiger partial charge < -0.3 is 14.5 Å². The normalized spacial score (nSPS) is 13.1. The van der Waals surface area contributed by atoms with E-state index in [1.54, 1.807) is 61.7 Å². The lowest BCUT2D eigenvalue weighted by Crippen LogP contribution is -2.43. The van der Waals surface area contributed by atoms with Crippen LogP contribution in [-0.4, -0.2) is 54.4 Å². The molecule has 0 aliphatic carbocycles. The first kappa shape index (κ1) is 26.2. The lowest BCUT2D eigenvalue weighted by Gasteiger charge is -2.26. The third kappa shape index (κ3) is 6.27. The number of carbonyl (C=O) groups excluding carboxylic acids is 3. The van der Waals surface area contributed by atoms with E-state index in [1.807, 2.05) is 6.92 Å². The third-order valence-corrected chi connectivity index (χ3v) is 6.71. The molecule has 0 aromatic heterocycles. The van der Waals surface area contributed by atoms with Gasteiger partial charge in [-0.2, -0.15) is 0 Å². The molecule has 1 heterocycles. The predicted octanol–water partition coefficient (Wildman–Crippen LogP) is 4.20. The van der Waals surface area contributed by atoms with Gasteiger partial charge in [-0.3, -0.25) is 19.3 Å². The van der Waals surface area contributed by atoms with Crippen LogP contribution in [0.1, 0.15) is 16.7 Å². The van der Waals surface area contributed by atoms with E-state index in [1.165, 1.54) is 26.8 Å². The van der Waals surface area contributed by atoms with Gasteiger partial charge in [-0.05, 0) is 60.0 Å². The number of amides is 3. The Balaban J connectivity index is 1.50. The number of hydrogen-bond acceptors (Lipinski definition) is 4. The average molecular weight is 524 g/mol. The fourth-order valence-electron chi connectivity index (χ4n) is 4.15. The molecule has 7 nitrogen and oxygen atoms in total. The number of rotatable bonds is 8. The van der Waals surface area contributed by atoms with Gasteiger partial charge in [0.1, 0.15) is 31.3 Å². The summed E-state index contributed by atoms with van der Waals surface area (Å²) >= 11 is 6.22. The molecule has 0 bridgehead atoms. The molecule has 1 fully saturated rings. The Labute approximate surface area is 220 Å². The molecule has 1 aliphatic heterocycles. The molecule has 4 rings (SSSR count). The average Bonchev–Trinajstić information content (AvgIpc) is 3.28. The van der Waals surface area contributed by atoms with Crippen LogP contribution in [0.15, 0.2) is 66.7 Å². The zero-order valence-corrected chi connectivity index (χ0v) is 21.4. The number of methoxy groups -OCH3 is 1. The topological polar surface area (TPSA) is 70.2 Å². The first-order chi connectivity index (χ1) is 17.7. The summed E-state index contributed by atoms with van der Waals surface area (Å²) in [6.07, 6.45) is 0.0746. The Morgan fingerprint density at radius 3 is 2.38 bits per heavy atom. The molecule has 0 unspecified atom stereocenters. The molecular weight excluding hydrogens is 497 g/mol. The highest BCUT2D eigenvalue weighted by molar-refractivity contribution is 6.31. The molecular formula is C28H27ClFN3O4. The summed E-state index contributed by atoms with van der Waals surface area (Å²) in [6.45, 7) is 1.69. The molecule has 0 N–H and O–H groups in total. The summed E-state index contributed by atoms with van der Waals surface area (Å²) in [6, 6.07) is 18.2. The van der Waals surface area contributed by atoms with E-state index in [9.17, 15) is 18.8 Å². The Kier molecular flexibility index (Phi) is 8.08. The van der Waals surface area contributed by atoms with E-state index in [4.69, 9.17) is 16.3 Å². The van der Waals surface area contributed by atoms with E-state index < -0.39 is 0 Å². The molecule has 9 heteroatoms. The van der Waals surface area contributed by atoms with Crippen LogP contribution in [0.25, 0.3) is 0 Å². The Morgan fingerprint density at radius 2 is 1.70 bits per heavy atom. The van der Waals surface area contributed by atoms with Crippen molar-refractivity contribution in [2.75, 3.05) is 31.8 Å². The van der Waals surface area contributed by atoms with E-state index in [0.717, 1.165) is 11.1 Å². The largest absolute Gasteiger partial charge is 0.497 e. The highest BCUT2D eigenvalue weighted by Gasteiger charge is 2.34. The van der Waals surface area contributed by atoms with Gasteiger partial charge in [0.2, 0.25) is 17.7 Å². The maximum Gasteiger partial charge on any atom is 0.248 e. The lowest BCUT2D eigenvalue weighted by molar-refractivity contribution is -0.140. The molecule has 0 spiro atoms. The summed E-state index contributed by atoms with van der Waals surface area (Å²) in [4.78, 5) is 43.7. The molecule has 3 aromatic rings. The number of carbonyl (C=O) groups is 3. The number of anilines is 1. The van der Waals surface area contributed by atoms with Crippen molar-refractivity contribution >= 4 is 35.0 Å². The van der Waals surface area contributed by atoms with Gasteiger partial charge in [0.25, 0.3) is 0 Å². The summed E-state index contributed by atoms with van der Waals surface area (Å²) < 4.78 is 18.6. The molecule has 3 amide bonds. The number of ether oxygens (including phenoxy) is 1. The standard InChI is InChI=1S/C28H27ClFN3O4/c1-19-24(29)4-3-5-25(19)33-18-32(17-28(33)36)27(35)16-31(15-21-6-10-22(30)11-7-21)26(34)14-20-8-12-23(37-2)13-9-20/h3-13H,14-18H2,1-2H3. The smallest absolute Gasteiger partial charge is 0.248 e. The molecule has 37 heavy (non-hydrogen) atoms. The second-order valence-corrected chi connectivity index (χ2v) is 9.25. The zero-order valence-electron chi connectivity index (χ0n) is 20.6. The van der Waals surface area contributed by atoms with Crippen molar-refractivity contribution in [3.8, 4) is 5.75 Å². The van der Waals surface area contributed by atoms with Gasteiger partial charge in [-0.1, -0.05) is 41.9 Å². The SMILES string of the molecule is COc1ccc(CC(=O)N(CC(=O)N2CC(=O)N(c3cccc(Cl)c3C)C2)Cc2ccc(F)cc2)cc1. The fourth-order valence-corrected chi connectivity index (χ4v) is 4.32. The van der Waals surface area contributed by atoms with Crippen LogP contribution in [-0.2, 0) is 27.3 Å². The highest BCUT2D eigenvalue weighted by Crippen LogP contribution is 2.29. The van der Waals surface area contributed by atoms with Crippen LogP contribution in [0.4, 0.5) is 10.1 Å². The van der Waals surface area contributed by atoms with Crippen molar-refractivity contribution in [3.05, 3.63) is 94.3 Å². The minimum Gasteiger partial charge on any atom is -0.497 e. The first-order valence-corrected chi connectivity index (χ1v) is 12.1. The third-order valence-electron chi connectivity index (χ3n) is 6.30. The molecule has 192 valence electrons. The number of halogens is 2. The highest BCUT2D eigenvalue weighted by atomic mass is 35.5. The zero-order chi connectivity index (χ0) is 26.5. The van der Waals surface area contributed by atoms with Crippen LogP contribution in [0.3, 0.4) is 0 Å². The minimum atomic E-state index is -0.386. The van der Waals surface area contributed by atoms with E-state index >= 15 is 0 Å². The van der Waals surface area contributed by atoms with Crippen LogP contribution >= 0.6 is 11.6 Å². The van der Waals surface area contributed by atoms with E-state index in [0.29, 0.717) is 22.0 Å². The van der Waals surface area contributed by atoms with E-state index in [2.05, 4.69) is 0 Å². The summed E-state index contributed by atoms with van der Waals surface area (Å²) in [5.41, 5.74) is 2.85. The molecule has 1 saturated heterocycles. The van der Waals surface area contributed by atoms with Crippen molar-refractivity contribution < 1.29 is 23.5 Å². The Morgan fingerprint density at radius 1 is 1.03 bits per heavy atom.